The van der Waals surface area contributed by atoms with Crippen LogP contribution >= 0.6 is 15.9 Å². The highest BCUT2D eigenvalue weighted by molar-refractivity contribution is 9.10. The normalized spacial score (nSPS) is 9.92. The Labute approximate surface area is 80.6 Å². The van der Waals surface area contributed by atoms with Crippen LogP contribution in [0.3, 0.4) is 0 Å². The van der Waals surface area contributed by atoms with Crippen molar-refractivity contribution < 1.29 is 9.47 Å². The topological polar surface area (TPSA) is 18.5 Å². The molecule has 0 aliphatic rings. The molecule has 66 valence electrons. The fraction of sp³-hybridized carbons (Fsp3) is 0.333. The Kier molecular flexibility index (Phi) is 3.56. The van der Waals surface area contributed by atoms with Gasteiger partial charge in [0.1, 0.15) is 5.75 Å². The third-order valence-corrected chi connectivity index (χ3v) is 2.33. The number of hydrogen-bond acceptors (Lipinski definition) is 2. The first-order chi connectivity index (χ1) is 5.77. The van der Waals surface area contributed by atoms with Gasteiger partial charge >= 0.3 is 0 Å². The lowest BCUT2D eigenvalue weighted by Gasteiger charge is -2.05. The van der Waals surface area contributed by atoms with Crippen LogP contribution in [0, 0.1) is 0 Å². The molecular weight excluding hydrogens is 220 g/mol. The van der Waals surface area contributed by atoms with Crippen LogP contribution in [0.5, 0.6) is 5.75 Å². The number of benzene rings is 1. The first kappa shape index (κ1) is 9.55. The maximum Gasteiger partial charge on any atom is 0.119 e. The predicted molar refractivity (Wildman–Crippen MR) is 51.4 cm³/mol. The zero-order valence-electron chi connectivity index (χ0n) is 7.13. The third kappa shape index (κ3) is 2.22. The number of methoxy groups -OCH3 is 2. The van der Waals surface area contributed by atoms with Gasteiger partial charge in [-0.2, -0.15) is 0 Å². The van der Waals surface area contributed by atoms with Gasteiger partial charge in [0, 0.05) is 11.6 Å². The van der Waals surface area contributed by atoms with Gasteiger partial charge in [0.15, 0.2) is 0 Å². The van der Waals surface area contributed by atoms with Gasteiger partial charge in [0.05, 0.1) is 13.7 Å². The standard InChI is InChI=1S/C9H11BrO2/c1-11-6-7-5-8(12-2)3-4-9(7)10/h3-5H,6H2,1-2H3. The predicted octanol–water partition coefficient (Wildman–Crippen LogP) is 2.60. The zero-order chi connectivity index (χ0) is 8.97. The van der Waals surface area contributed by atoms with Crippen molar-refractivity contribution in [2.45, 2.75) is 6.61 Å². The molecule has 0 fully saturated rings. The zero-order valence-corrected chi connectivity index (χ0v) is 8.72. The minimum atomic E-state index is 0.595. The van der Waals surface area contributed by atoms with Crippen molar-refractivity contribution in [2.24, 2.45) is 0 Å². The van der Waals surface area contributed by atoms with Crippen molar-refractivity contribution in [1.82, 2.24) is 0 Å². The van der Waals surface area contributed by atoms with Crippen LogP contribution in [0.1, 0.15) is 5.56 Å². The molecule has 0 spiro atoms. The minimum absolute atomic E-state index is 0.595. The summed E-state index contributed by atoms with van der Waals surface area (Å²) >= 11 is 3.43. The molecule has 3 heteroatoms. The summed E-state index contributed by atoms with van der Waals surface area (Å²) < 4.78 is 11.1. The molecule has 0 atom stereocenters. The van der Waals surface area contributed by atoms with Gasteiger partial charge in [-0.15, -0.1) is 0 Å². The maximum atomic E-state index is 5.08. The summed E-state index contributed by atoms with van der Waals surface area (Å²) in [6.07, 6.45) is 0. The van der Waals surface area contributed by atoms with Crippen LogP contribution in [-0.2, 0) is 11.3 Å². The van der Waals surface area contributed by atoms with E-state index in [1.54, 1.807) is 14.2 Å². The van der Waals surface area contributed by atoms with Gasteiger partial charge < -0.3 is 9.47 Å². The van der Waals surface area contributed by atoms with Crippen LogP contribution < -0.4 is 4.74 Å². The summed E-state index contributed by atoms with van der Waals surface area (Å²) in [4.78, 5) is 0. The van der Waals surface area contributed by atoms with Crippen LogP contribution in [0.15, 0.2) is 22.7 Å². The van der Waals surface area contributed by atoms with Gasteiger partial charge in [0.25, 0.3) is 0 Å². The quantitative estimate of drug-likeness (QED) is 0.795. The lowest BCUT2D eigenvalue weighted by molar-refractivity contribution is 0.184. The first-order valence-corrected chi connectivity index (χ1v) is 4.38. The third-order valence-electron chi connectivity index (χ3n) is 1.55. The van der Waals surface area contributed by atoms with E-state index in [9.17, 15) is 0 Å². The summed E-state index contributed by atoms with van der Waals surface area (Å²) in [5, 5.41) is 0. The molecule has 1 rings (SSSR count). The lowest BCUT2D eigenvalue weighted by Crippen LogP contribution is -1.90. The fourth-order valence-electron chi connectivity index (χ4n) is 0.944. The van der Waals surface area contributed by atoms with Crippen molar-refractivity contribution >= 4 is 15.9 Å². The number of hydrogen-bond donors (Lipinski definition) is 0. The summed E-state index contributed by atoms with van der Waals surface area (Å²) in [6.45, 7) is 0.595. The second kappa shape index (κ2) is 4.48. The Morgan fingerprint density at radius 3 is 2.67 bits per heavy atom. The molecule has 0 aliphatic carbocycles. The summed E-state index contributed by atoms with van der Waals surface area (Å²) in [7, 11) is 3.33. The van der Waals surface area contributed by atoms with Gasteiger partial charge in [0.2, 0.25) is 0 Å². The monoisotopic (exact) mass is 230 g/mol. The Morgan fingerprint density at radius 2 is 2.08 bits per heavy atom. The average molecular weight is 231 g/mol. The number of halogens is 1. The first-order valence-electron chi connectivity index (χ1n) is 3.59. The van der Waals surface area contributed by atoms with E-state index in [0.717, 1.165) is 15.8 Å². The van der Waals surface area contributed by atoms with Crippen LogP contribution in [0.4, 0.5) is 0 Å². The second-order valence-electron chi connectivity index (χ2n) is 2.39. The smallest absolute Gasteiger partial charge is 0.119 e. The molecule has 0 N–H and O–H groups in total. The van der Waals surface area contributed by atoms with E-state index in [4.69, 9.17) is 9.47 Å². The second-order valence-corrected chi connectivity index (χ2v) is 3.24. The molecule has 0 radical (unpaired) electrons. The highest BCUT2D eigenvalue weighted by Crippen LogP contribution is 2.22. The van der Waals surface area contributed by atoms with Crippen LogP contribution in [-0.4, -0.2) is 14.2 Å². The number of ether oxygens (including phenoxy) is 2. The SMILES string of the molecule is COCc1cc(OC)ccc1Br. The highest BCUT2D eigenvalue weighted by atomic mass is 79.9. The van der Waals surface area contributed by atoms with Gasteiger partial charge in [-0.05, 0) is 23.8 Å². The van der Waals surface area contributed by atoms with E-state index in [1.165, 1.54) is 0 Å². The van der Waals surface area contributed by atoms with E-state index in [1.807, 2.05) is 18.2 Å². The van der Waals surface area contributed by atoms with Gasteiger partial charge in [-0.25, -0.2) is 0 Å². The van der Waals surface area contributed by atoms with Crippen LogP contribution in [0.2, 0.25) is 0 Å². The van der Waals surface area contributed by atoms with Crippen molar-refractivity contribution in [3.8, 4) is 5.75 Å². The van der Waals surface area contributed by atoms with E-state index in [0.29, 0.717) is 6.61 Å². The molecule has 0 aromatic heterocycles. The van der Waals surface area contributed by atoms with Crippen molar-refractivity contribution in [1.29, 1.82) is 0 Å². The maximum absolute atomic E-state index is 5.08. The molecule has 0 heterocycles. The molecule has 0 saturated heterocycles. The Bertz CT molecular complexity index is 261. The fourth-order valence-corrected chi connectivity index (χ4v) is 1.31. The van der Waals surface area contributed by atoms with E-state index < -0.39 is 0 Å². The molecule has 1 aromatic rings. The summed E-state index contributed by atoms with van der Waals surface area (Å²) in [5.41, 5.74) is 1.09. The molecule has 12 heavy (non-hydrogen) atoms. The Morgan fingerprint density at radius 1 is 1.33 bits per heavy atom. The van der Waals surface area contributed by atoms with E-state index >= 15 is 0 Å². The largest absolute Gasteiger partial charge is 0.497 e. The summed E-state index contributed by atoms with van der Waals surface area (Å²) in [5.74, 6) is 0.852. The molecule has 1 aromatic carbocycles. The summed E-state index contributed by atoms with van der Waals surface area (Å²) in [6, 6.07) is 5.81. The van der Waals surface area contributed by atoms with Crippen molar-refractivity contribution in [3.63, 3.8) is 0 Å². The lowest BCUT2D eigenvalue weighted by atomic mass is 10.2. The average Bonchev–Trinajstić information content (AvgIpc) is 2.09. The molecule has 0 unspecified atom stereocenters. The minimum Gasteiger partial charge on any atom is -0.497 e. The highest BCUT2D eigenvalue weighted by Gasteiger charge is 2.00. The Hall–Kier alpha value is -0.540. The molecule has 0 bridgehead atoms. The molecule has 2 nitrogen and oxygen atoms in total. The van der Waals surface area contributed by atoms with Gasteiger partial charge in [-0.3, -0.25) is 0 Å². The molecular formula is C9H11BrO2. The molecule has 0 saturated carbocycles. The van der Waals surface area contributed by atoms with Crippen LogP contribution in [0.25, 0.3) is 0 Å². The molecule has 0 aliphatic heterocycles. The van der Waals surface area contributed by atoms with Crippen molar-refractivity contribution in [3.05, 3.63) is 28.2 Å². The van der Waals surface area contributed by atoms with Crippen molar-refractivity contribution in [2.75, 3.05) is 14.2 Å². The van der Waals surface area contributed by atoms with E-state index in [2.05, 4.69) is 15.9 Å². The number of rotatable bonds is 3. The Balaban J connectivity index is 2.91. The van der Waals surface area contributed by atoms with Gasteiger partial charge in [-0.1, -0.05) is 15.9 Å². The molecule has 0 amide bonds. The van der Waals surface area contributed by atoms with E-state index in [-0.39, 0.29) is 0 Å².